The molecule has 1 aliphatic rings. The monoisotopic (exact) mass is 372 g/mol. The average Bonchev–Trinajstić information content (AvgIpc) is 2.64. The van der Waals surface area contributed by atoms with Crippen molar-refractivity contribution < 1.29 is 14.6 Å². The Kier molecular flexibility index (Phi) is 9.44. The predicted molar refractivity (Wildman–Crippen MR) is 111 cm³/mol. The van der Waals surface area contributed by atoms with E-state index in [0.29, 0.717) is 12.2 Å². The smallest absolute Gasteiger partial charge is 0.352 e. The number of benzene rings is 1. The molecule has 1 atom stereocenters. The van der Waals surface area contributed by atoms with Crippen molar-refractivity contribution in [3.63, 3.8) is 0 Å². The maximum atomic E-state index is 12.5. The van der Waals surface area contributed by atoms with Crippen molar-refractivity contribution in [2.75, 3.05) is 0 Å². The van der Waals surface area contributed by atoms with Gasteiger partial charge in [-0.2, -0.15) is 0 Å². The molecule has 0 heterocycles. The molecule has 0 fully saturated rings. The van der Waals surface area contributed by atoms with E-state index in [4.69, 9.17) is 4.74 Å². The van der Waals surface area contributed by atoms with Crippen LogP contribution in [0.5, 0.6) is 5.75 Å². The summed E-state index contributed by atoms with van der Waals surface area (Å²) in [5, 5.41) is 10.3. The average molecular weight is 373 g/mol. The van der Waals surface area contributed by atoms with Crippen LogP contribution in [0.15, 0.2) is 42.0 Å². The molecule has 0 amide bonds. The number of hydrogen-bond acceptors (Lipinski definition) is 2. The summed E-state index contributed by atoms with van der Waals surface area (Å²) in [6.45, 7) is 2.21. The number of hydrogen-bond donors (Lipinski definition) is 1. The van der Waals surface area contributed by atoms with Gasteiger partial charge >= 0.3 is 5.97 Å². The molecule has 1 aromatic carbocycles. The quantitative estimate of drug-likeness (QED) is 0.339. The third kappa shape index (κ3) is 6.71. The number of aliphatic carboxylic acids is 1. The zero-order valence-corrected chi connectivity index (χ0v) is 16.9. The van der Waals surface area contributed by atoms with Gasteiger partial charge in [0, 0.05) is 6.42 Å². The highest BCUT2D eigenvalue weighted by molar-refractivity contribution is 5.82. The molecule has 0 spiro atoms. The van der Waals surface area contributed by atoms with Crippen LogP contribution in [-0.2, 0) is 4.79 Å². The molecule has 0 aliphatic heterocycles. The van der Waals surface area contributed by atoms with Gasteiger partial charge in [-0.1, -0.05) is 76.1 Å². The van der Waals surface area contributed by atoms with Gasteiger partial charge in [0.1, 0.15) is 5.75 Å². The van der Waals surface area contributed by atoms with Crippen LogP contribution in [0.2, 0.25) is 0 Å². The minimum Gasteiger partial charge on any atom is -0.478 e. The lowest BCUT2D eigenvalue weighted by molar-refractivity contribution is -0.152. The van der Waals surface area contributed by atoms with Crippen LogP contribution in [0.1, 0.15) is 90.4 Å². The lowest BCUT2D eigenvalue weighted by Gasteiger charge is -2.34. The van der Waals surface area contributed by atoms with Crippen LogP contribution >= 0.6 is 0 Å². The summed E-state index contributed by atoms with van der Waals surface area (Å²) in [4.78, 5) is 12.5. The molecule has 3 heteroatoms. The standard InChI is InChI=1S/C24H36O3/c1-2-3-4-5-9-15-20-24(23(25)26,27-22-18-13-10-14-19-22)21-16-11-7-6-8-12-17-21/h10,13-14,16,18-19H,2-9,11-12,15,17,20H2,1H3,(H,25,26). The molecule has 1 N–H and O–H groups in total. The first-order valence-electron chi connectivity index (χ1n) is 10.9. The molecule has 0 bridgehead atoms. The minimum absolute atomic E-state index is 0.551. The summed E-state index contributed by atoms with van der Waals surface area (Å²) in [7, 11) is 0. The second-order valence-electron chi connectivity index (χ2n) is 7.75. The van der Waals surface area contributed by atoms with Gasteiger partial charge < -0.3 is 9.84 Å². The third-order valence-electron chi connectivity index (χ3n) is 5.57. The van der Waals surface area contributed by atoms with Crippen LogP contribution in [0.3, 0.4) is 0 Å². The Balaban J connectivity index is 2.19. The number of carboxylic acid groups (broad SMARTS) is 1. The van der Waals surface area contributed by atoms with Crippen molar-refractivity contribution in [1.29, 1.82) is 0 Å². The summed E-state index contributed by atoms with van der Waals surface area (Å²) in [6.07, 6.45) is 16.0. The first kappa shape index (κ1) is 21.5. The Labute approximate surface area is 164 Å². The van der Waals surface area contributed by atoms with E-state index in [1.165, 1.54) is 38.5 Å². The first-order chi connectivity index (χ1) is 13.2. The number of rotatable bonds is 11. The maximum Gasteiger partial charge on any atom is 0.352 e. The van der Waals surface area contributed by atoms with Gasteiger partial charge in [-0.3, -0.25) is 0 Å². The molecule has 3 nitrogen and oxygen atoms in total. The molecule has 0 aromatic heterocycles. The highest BCUT2D eigenvalue weighted by atomic mass is 16.5. The van der Waals surface area contributed by atoms with Crippen LogP contribution in [-0.4, -0.2) is 16.7 Å². The van der Waals surface area contributed by atoms with Crippen molar-refractivity contribution in [1.82, 2.24) is 0 Å². The summed E-state index contributed by atoms with van der Waals surface area (Å²) in [5.74, 6) is -0.194. The zero-order chi connectivity index (χ0) is 19.4. The fourth-order valence-corrected chi connectivity index (χ4v) is 3.97. The Hall–Kier alpha value is -1.77. The minimum atomic E-state index is -1.22. The topological polar surface area (TPSA) is 46.5 Å². The van der Waals surface area contributed by atoms with Crippen LogP contribution in [0.4, 0.5) is 0 Å². The van der Waals surface area contributed by atoms with Crippen molar-refractivity contribution in [2.45, 2.75) is 96.0 Å². The van der Waals surface area contributed by atoms with Crippen LogP contribution in [0, 0.1) is 0 Å². The van der Waals surface area contributed by atoms with Gasteiger partial charge in [0.25, 0.3) is 0 Å². The van der Waals surface area contributed by atoms with Gasteiger partial charge in [-0.15, -0.1) is 0 Å². The summed E-state index contributed by atoms with van der Waals surface area (Å²) < 4.78 is 6.26. The summed E-state index contributed by atoms with van der Waals surface area (Å²) in [5.41, 5.74) is -0.240. The van der Waals surface area contributed by atoms with Crippen LogP contribution in [0.25, 0.3) is 0 Å². The molecule has 1 unspecified atom stereocenters. The van der Waals surface area contributed by atoms with Gasteiger partial charge in [-0.05, 0) is 49.8 Å². The lowest BCUT2D eigenvalue weighted by Crippen LogP contribution is -2.46. The number of ether oxygens (including phenoxy) is 1. The third-order valence-corrected chi connectivity index (χ3v) is 5.57. The predicted octanol–water partition coefficient (Wildman–Crippen LogP) is 6.92. The Morgan fingerprint density at radius 3 is 2.44 bits per heavy atom. The SMILES string of the molecule is CCCCCCCCC(Oc1ccccc1)(C(=O)O)C1=CCCCCCC1. The lowest BCUT2D eigenvalue weighted by atomic mass is 9.82. The van der Waals surface area contributed by atoms with Gasteiger partial charge in [0.15, 0.2) is 0 Å². The molecule has 0 radical (unpaired) electrons. The molecule has 1 aromatic rings. The van der Waals surface area contributed by atoms with E-state index in [1.807, 2.05) is 30.3 Å². The van der Waals surface area contributed by atoms with E-state index in [9.17, 15) is 9.90 Å². The second kappa shape index (κ2) is 11.8. The zero-order valence-electron chi connectivity index (χ0n) is 16.9. The van der Waals surface area contributed by atoms with E-state index < -0.39 is 11.6 Å². The molecule has 2 rings (SSSR count). The number of carbonyl (C=O) groups is 1. The molecular weight excluding hydrogens is 336 g/mol. The van der Waals surface area contributed by atoms with Crippen molar-refractivity contribution in [3.8, 4) is 5.75 Å². The molecular formula is C24H36O3. The number of carboxylic acids is 1. The van der Waals surface area contributed by atoms with Crippen molar-refractivity contribution in [3.05, 3.63) is 42.0 Å². The Morgan fingerprint density at radius 2 is 1.70 bits per heavy atom. The highest BCUT2D eigenvalue weighted by Crippen LogP contribution is 2.35. The molecule has 0 saturated carbocycles. The number of allylic oxidation sites excluding steroid dienone is 1. The largest absolute Gasteiger partial charge is 0.478 e. The molecule has 1 aliphatic carbocycles. The van der Waals surface area contributed by atoms with Gasteiger partial charge in [0.2, 0.25) is 5.60 Å². The van der Waals surface area contributed by atoms with Gasteiger partial charge in [-0.25, -0.2) is 4.79 Å². The molecule has 0 saturated heterocycles. The van der Waals surface area contributed by atoms with Crippen LogP contribution < -0.4 is 4.74 Å². The van der Waals surface area contributed by atoms with Gasteiger partial charge in [0.05, 0.1) is 0 Å². The van der Waals surface area contributed by atoms with E-state index in [1.54, 1.807) is 0 Å². The van der Waals surface area contributed by atoms with E-state index in [0.717, 1.165) is 44.1 Å². The number of unbranched alkanes of at least 4 members (excludes halogenated alkanes) is 5. The fourth-order valence-electron chi connectivity index (χ4n) is 3.97. The maximum absolute atomic E-state index is 12.5. The normalized spacial score (nSPS) is 17.3. The fraction of sp³-hybridized carbons (Fsp3) is 0.625. The summed E-state index contributed by atoms with van der Waals surface area (Å²) >= 11 is 0. The number of para-hydroxylation sites is 1. The molecule has 150 valence electrons. The second-order valence-corrected chi connectivity index (χ2v) is 7.75. The molecule has 27 heavy (non-hydrogen) atoms. The summed E-state index contributed by atoms with van der Waals surface area (Å²) in [6, 6.07) is 9.46. The van der Waals surface area contributed by atoms with E-state index >= 15 is 0 Å². The van der Waals surface area contributed by atoms with Crippen molar-refractivity contribution in [2.24, 2.45) is 0 Å². The Morgan fingerprint density at radius 1 is 1.00 bits per heavy atom. The van der Waals surface area contributed by atoms with Crippen molar-refractivity contribution >= 4 is 5.97 Å². The highest BCUT2D eigenvalue weighted by Gasteiger charge is 2.44. The van der Waals surface area contributed by atoms with E-state index in [-0.39, 0.29) is 0 Å². The first-order valence-corrected chi connectivity index (χ1v) is 10.9. The van der Waals surface area contributed by atoms with E-state index in [2.05, 4.69) is 13.0 Å². The Bertz CT molecular complexity index is 579.